The number of nitrogens with zero attached hydrogens (tertiary/aromatic N) is 2. The molecule has 0 fully saturated rings. The van der Waals surface area contributed by atoms with Crippen molar-refractivity contribution in [1.29, 1.82) is 0 Å². The highest BCUT2D eigenvalue weighted by Crippen LogP contribution is 2.22. The molecule has 108 valence electrons. The molecule has 0 atom stereocenters. The van der Waals surface area contributed by atoms with Gasteiger partial charge in [0.05, 0.1) is 4.92 Å². The van der Waals surface area contributed by atoms with E-state index in [0.29, 0.717) is 5.56 Å². The number of amides is 1. The minimum absolute atomic E-state index is 0.0926. The van der Waals surface area contributed by atoms with E-state index in [4.69, 9.17) is 5.11 Å². The molecule has 0 spiro atoms. The van der Waals surface area contributed by atoms with Crippen LogP contribution in [0.2, 0.25) is 0 Å². The van der Waals surface area contributed by atoms with Crippen molar-refractivity contribution in [3.8, 4) is 0 Å². The second-order valence-electron chi connectivity index (χ2n) is 4.70. The molecule has 0 unspecified atom stereocenters. The van der Waals surface area contributed by atoms with Crippen LogP contribution in [0.25, 0.3) is 0 Å². The fraction of sp³-hybridized carbons (Fsp3) is 0.385. The lowest BCUT2D eigenvalue weighted by Gasteiger charge is -2.24. The van der Waals surface area contributed by atoms with E-state index in [1.807, 2.05) is 0 Å². The summed E-state index contributed by atoms with van der Waals surface area (Å²) in [5, 5.41) is 19.8. The fourth-order valence-electron chi connectivity index (χ4n) is 1.77. The van der Waals surface area contributed by atoms with E-state index in [-0.39, 0.29) is 17.3 Å². The fourth-order valence-corrected chi connectivity index (χ4v) is 1.77. The normalized spacial score (nSPS) is 10.4. The van der Waals surface area contributed by atoms with Crippen LogP contribution in [0.4, 0.5) is 5.69 Å². The Hall–Kier alpha value is -2.44. The number of aryl methyl sites for hydroxylation is 1. The Balaban J connectivity index is 3.27. The smallest absolute Gasteiger partial charge is 0.323 e. The molecule has 7 heteroatoms. The maximum Gasteiger partial charge on any atom is 0.323 e. The summed E-state index contributed by atoms with van der Waals surface area (Å²) in [6, 6.07) is 3.81. The van der Waals surface area contributed by atoms with Gasteiger partial charge in [0.1, 0.15) is 12.1 Å². The van der Waals surface area contributed by atoms with Crippen LogP contribution in [0.15, 0.2) is 18.2 Å². The van der Waals surface area contributed by atoms with Gasteiger partial charge in [-0.15, -0.1) is 0 Å². The molecular weight excluding hydrogens is 264 g/mol. The third-order valence-corrected chi connectivity index (χ3v) is 2.77. The van der Waals surface area contributed by atoms with Gasteiger partial charge in [0.2, 0.25) is 0 Å². The predicted octanol–water partition coefficient (Wildman–Crippen LogP) is 1.84. The van der Waals surface area contributed by atoms with Crippen LogP contribution in [0.5, 0.6) is 0 Å². The standard InChI is InChI=1S/C13H16N2O5/c1-8(2)14(7-12(16)17)13(18)10-6-9(3)4-5-11(10)15(19)20/h4-6,8H,7H2,1-3H3,(H,16,17). The zero-order valence-corrected chi connectivity index (χ0v) is 11.5. The van der Waals surface area contributed by atoms with Crippen molar-refractivity contribution in [2.75, 3.05) is 6.54 Å². The van der Waals surface area contributed by atoms with Gasteiger partial charge < -0.3 is 10.0 Å². The number of aliphatic carboxylic acids is 1. The highest BCUT2D eigenvalue weighted by atomic mass is 16.6. The molecule has 0 radical (unpaired) electrons. The monoisotopic (exact) mass is 280 g/mol. The van der Waals surface area contributed by atoms with Gasteiger partial charge in [-0.25, -0.2) is 0 Å². The molecule has 0 heterocycles. The number of hydrogen-bond acceptors (Lipinski definition) is 4. The zero-order valence-electron chi connectivity index (χ0n) is 11.5. The quantitative estimate of drug-likeness (QED) is 0.655. The summed E-state index contributed by atoms with van der Waals surface area (Å²) in [7, 11) is 0. The molecule has 0 aromatic heterocycles. The molecule has 0 aliphatic carbocycles. The summed E-state index contributed by atoms with van der Waals surface area (Å²) in [6.07, 6.45) is 0. The van der Waals surface area contributed by atoms with Crippen molar-refractivity contribution >= 4 is 17.6 Å². The van der Waals surface area contributed by atoms with Gasteiger partial charge in [-0.3, -0.25) is 19.7 Å². The topological polar surface area (TPSA) is 101 Å². The van der Waals surface area contributed by atoms with E-state index in [0.717, 1.165) is 4.90 Å². The lowest BCUT2D eigenvalue weighted by molar-refractivity contribution is -0.385. The second kappa shape index (κ2) is 6.14. The average molecular weight is 280 g/mol. The molecule has 0 bridgehead atoms. The van der Waals surface area contributed by atoms with Gasteiger partial charge >= 0.3 is 5.97 Å². The number of rotatable bonds is 5. The summed E-state index contributed by atoms with van der Waals surface area (Å²) in [5.74, 6) is -1.82. The van der Waals surface area contributed by atoms with Crippen LogP contribution >= 0.6 is 0 Å². The van der Waals surface area contributed by atoms with Gasteiger partial charge in [-0.2, -0.15) is 0 Å². The highest BCUT2D eigenvalue weighted by molar-refractivity contribution is 5.99. The van der Waals surface area contributed by atoms with Crippen molar-refractivity contribution in [2.45, 2.75) is 26.8 Å². The van der Waals surface area contributed by atoms with Crippen molar-refractivity contribution in [1.82, 2.24) is 4.90 Å². The molecule has 1 amide bonds. The largest absolute Gasteiger partial charge is 0.480 e. The van der Waals surface area contributed by atoms with E-state index in [1.54, 1.807) is 20.8 Å². The van der Waals surface area contributed by atoms with Crippen molar-refractivity contribution < 1.29 is 19.6 Å². The number of carbonyl (C=O) groups is 2. The number of benzene rings is 1. The molecule has 0 saturated heterocycles. The number of carbonyl (C=O) groups excluding carboxylic acids is 1. The van der Waals surface area contributed by atoms with E-state index < -0.39 is 23.3 Å². The van der Waals surface area contributed by atoms with E-state index in [9.17, 15) is 19.7 Å². The Kier molecular flexibility index (Phi) is 4.79. The van der Waals surface area contributed by atoms with Crippen LogP contribution in [0, 0.1) is 17.0 Å². The zero-order chi connectivity index (χ0) is 15.4. The van der Waals surface area contributed by atoms with Crippen LogP contribution in [-0.4, -0.2) is 39.4 Å². The molecule has 1 rings (SSSR count). The van der Waals surface area contributed by atoms with Gasteiger partial charge in [-0.1, -0.05) is 6.07 Å². The van der Waals surface area contributed by atoms with Crippen LogP contribution in [-0.2, 0) is 4.79 Å². The Morgan fingerprint density at radius 2 is 2.00 bits per heavy atom. The minimum atomic E-state index is -1.16. The lowest BCUT2D eigenvalue weighted by Crippen LogP contribution is -2.40. The first-order valence-electron chi connectivity index (χ1n) is 6.01. The van der Waals surface area contributed by atoms with Crippen LogP contribution in [0.3, 0.4) is 0 Å². The minimum Gasteiger partial charge on any atom is -0.480 e. The van der Waals surface area contributed by atoms with E-state index in [1.165, 1.54) is 18.2 Å². The number of carboxylic acids is 1. The number of nitro benzene ring substituents is 1. The molecule has 0 saturated carbocycles. The van der Waals surface area contributed by atoms with Crippen molar-refractivity contribution in [3.05, 3.63) is 39.4 Å². The summed E-state index contributed by atoms with van der Waals surface area (Å²) >= 11 is 0. The Morgan fingerprint density at radius 1 is 1.40 bits per heavy atom. The molecule has 0 aliphatic heterocycles. The van der Waals surface area contributed by atoms with E-state index in [2.05, 4.69) is 0 Å². The molecule has 20 heavy (non-hydrogen) atoms. The van der Waals surface area contributed by atoms with Crippen LogP contribution in [0.1, 0.15) is 29.8 Å². The second-order valence-corrected chi connectivity index (χ2v) is 4.70. The van der Waals surface area contributed by atoms with Gasteiger partial charge in [-0.05, 0) is 32.4 Å². The van der Waals surface area contributed by atoms with Crippen LogP contribution < -0.4 is 0 Å². The number of carboxylic acid groups (broad SMARTS) is 1. The first kappa shape index (κ1) is 15.6. The molecule has 1 aromatic rings. The third kappa shape index (κ3) is 3.53. The Labute approximate surface area is 116 Å². The first-order valence-corrected chi connectivity index (χ1v) is 6.01. The average Bonchev–Trinajstić information content (AvgIpc) is 2.34. The summed E-state index contributed by atoms with van der Waals surface area (Å²) in [4.78, 5) is 34.6. The lowest BCUT2D eigenvalue weighted by atomic mass is 10.1. The highest BCUT2D eigenvalue weighted by Gasteiger charge is 2.27. The first-order chi connectivity index (χ1) is 9.23. The summed E-state index contributed by atoms with van der Waals surface area (Å²) < 4.78 is 0. The maximum atomic E-state index is 12.4. The number of nitro groups is 1. The number of hydrogen-bond donors (Lipinski definition) is 1. The van der Waals surface area contributed by atoms with Crippen molar-refractivity contribution in [3.63, 3.8) is 0 Å². The third-order valence-electron chi connectivity index (χ3n) is 2.77. The van der Waals surface area contributed by atoms with Crippen molar-refractivity contribution in [2.24, 2.45) is 0 Å². The van der Waals surface area contributed by atoms with E-state index >= 15 is 0 Å². The summed E-state index contributed by atoms with van der Waals surface area (Å²) in [6.45, 7) is 4.52. The Morgan fingerprint density at radius 3 is 2.45 bits per heavy atom. The molecule has 7 nitrogen and oxygen atoms in total. The Bertz CT molecular complexity index is 554. The van der Waals surface area contributed by atoms with Gasteiger partial charge in [0.25, 0.3) is 11.6 Å². The van der Waals surface area contributed by atoms with Gasteiger partial charge in [0, 0.05) is 12.1 Å². The maximum absolute atomic E-state index is 12.4. The molecule has 1 N–H and O–H groups in total. The predicted molar refractivity (Wildman–Crippen MR) is 71.6 cm³/mol. The summed E-state index contributed by atoms with van der Waals surface area (Å²) in [5.41, 5.74) is 0.277. The molecular formula is C13H16N2O5. The molecule has 0 aliphatic rings. The van der Waals surface area contributed by atoms with Gasteiger partial charge in [0.15, 0.2) is 0 Å². The molecule has 1 aromatic carbocycles. The SMILES string of the molecule is Cc1ccc([N+](=O)[O-])c(C(=O)N(CC(=O)O)C(C)C)c1.